The van der Waals surface area contributed by atoms with Crippen LogP contribution in [0.1, 0.15) is 5.56 Å². The molecule has 0 atom stereocenters. The van der Waals surface area contributed by atoms with Gasteiger partial charge in [0.1, 0.15) is 6.61 Å². The zero-order valence-corrected chi connectivity index (χ0v) is 6.23. The Morgan fingerprint density at radius 1 is 1.42 bits per heavy atom. The second kappa shape index (κ2) is 2.49. The number of carbonyl (C=O) groups is 1. The van der Waals surface area contributed by atoms with Crippen LogP contribution in [0.4, 0.5) is 10.5 Å². The number of para-hydroxylation sites is 1. The molecule has 0 bridgehead atoms. The summed E-state index contributed by atoms with van der Waals surface area (Å²) in [4.78, 5) is 10.8. The van der Waals surface area contributed by atoms with E-state index in [2.05, 4.69) is 4.74 Å². The number of benzene rings is 1. The Kier molecular flexibility index (Phi) is 1.48. The minimum atomic E-state index is -0.728. The molecule has 62 valence electrons. The quantitative estimate of drug-likeness (QED) is 0.593. The van der Waals surface area contributed by atoms with E-state index in [9.17, 15) is 10.0 Å². The summed E-state index contributed by atoms with van der Waals surface area (Å²) in [5.74, 6) is 0. The van der Waals surface area contributed by atoms with Crippen molar-refractivity contribution >= 4 is 11.8 Å². The molecule has 12 heavy (non-hydrogen) atoms. The Balaban J connectivity index is 2.48. The molecule has 4 heteroatoms. The summed E-state index contributed by atoms with van der Waals surface area (Å²) < 4.78 is 4.65. The highest BCUT2D eigenvalue weighted by Crippen LogP contribution is 2.24. The van der Waals surface area contributed by atoms with E-state index in [1.807, 2.05) is 6.07 Å². The SMILES string of the molecule is O=C1OCc2ccccc2N1O. The van der Waals surface area contributed by atoms with Crippen LogP contribution in [0.2, 0.25) is 0 Å². The molecule has 0 saturated heterocycles. The lowest BCUT2D eigenvalue weighted by atomic mass is 10.2. The summed E-state index contributed by atoms with van der Waals surface area (Å²) in [6.45, 7) is 0.228. The monoisotopic (exact) mass is 165 g/mol. The van der Waals surface area contributed by atoms with E-state index in [0.29, 0.717) is 10.8 Å². The molecule has 0 spiro atoms. The standard InChI is InChI=1S/C8H7NO3/c10-8-9(11)7-4-2-1-3-6(7)5-12-8/h1-4,11H,5H2. The first-order valence-corrected chi connectivity index (χ1v) is 3.53. The normalized spacial score (nSPS) is 15.4. The van der Waals surface area contributed by atoms with Gasteiger partial charge in [-0.05, 0) is 6.07 Å². The van der Waals surface area contributed by atoms with E-state index >= 15 is 0 Å². The third-order valence-corrected chi connectivity index (χ3v) is 1.74. The lowest BCUT2D eigenvalue weighted by molar-refractivity contribution is 0.105. The van der Waals surface area contributed by atoms with Gasteiger partial charge in [-0.2, -0.15) is 5.06 Å². The van der Waals surface area contributed by atoms with E-state index < -0.39 is 6.09 Å². The summed E-state index contributed by atoms with van der Waals surface area (Å²) >= 11 is 0. The minimum Gasteiger partial charge on any atom is -0.443 e. The van der Waals surface area contributed by atoms with Gasteiger partial charge in [0.05, 0.1) is 5.69 Å². The van der Waals surface area contributed by atoms with Gasteiger partial charge in [0.2, 0.25) is 0 Å². The van der Waals surface area contributed by atoms with Gasteiger partial charge in [-0.15, -0.1) is 0 Å². The van der Waals surface area contributed by atoms with Crippen molar-refractivity contribution in [3.63, 3.8) is 0 Å². The molecule has 2 rings (SSSR count). The number of nitrogens with zero attached hydrogens (tertiary/aromatic N) is 1. The third-order valence-electron chi connectivity index (χ3n) is 1.74. The Labute approximate surface area is 68.9 Å². The maximum atomic E-state index is 10.8. The fourth-order valence-corrected chi connectivity index (χ4v) is 1.14. The highest BCUT2D eigenvalue weighted by molar-refractivity contribution is 5.87. The molecule has 1 amide bonds. The highest BCUT2D eigenvalue weighted by Gasteiger charge is 2.23. The van der Waals surface area contributed by atoms with E-state index in [-0.39, 0.29) is 6.61 Å². The number of carbonyl (C=O) groups excluding carboxylic acids is 1. The predicted octanol–water partition coefficient (Wildman–Crippen LogP) is 1.53. The molecule has 0 fully saturated rings. The van der Waals surface area contributed by atoms with Crippen LogP contribution in [-0.2, 0) is 11.3 Å². The molecular weight excluding hydrogens is 158 g/mol. The molecule has 1 heterocycles. The Hall–Kier alpha value is -1.55. The van der Waals surface area contributed by atoms with E-state index in [1.165, 1.54) is 0 Å². The molecule has 0 aromatic heterocycles. The first-order chi connectivity index (χ1) is 5.79. The zero-order valence-electron chi connectivity index (χ0n) is 6.23. The summed E-state index contributed by atoms with van der Waals surface area (Å²) in [5, 5.41) is 9.70. The second-order valence-corrected chi connectivity index (χ2v) is 2.50. The van der Waals surface area contributed by atoms with Crippen molar-refractivity contribution in [3.8, 4) is 0 Å². The van der Waals surface area contributed by atoms with Crippen molar-refractivity contribution in [3.05, 3.63) is 29.8 Å². The molecule has 0 saturated carbocycles. The van der Waals surface area contributed by atoms with E-state index in [1.54, 1.807) is 18.2 Å². The van der Waals surface area contributed by atoms with Gasteiger partial charge in [0, 0.05) is 5.56 Å². The summed E-state index contributed by atoms with van der Waals surface area (Å²) in [5.41, 5.74) is 1.30. The number of amides is 1. The van der Waals surface area contributed by atoms with Gasteiger partial charge < -0.3 is 4.74 Å². The van der Waals surface area contributed by atoms with Gasteiger partial charge in [-0.25, -0.2) is 4.79 Å². The number of hydrogen-bond acceptors (Lipinski definition) is 3. The molecule has 1 aromatic carbocycles. The zero-order chi connectivity index (χ0) is 8.55. The summed E-state index contributed by atoms with van der Waals surface area (Å²) in [6.07, 6.45) is -0.728. The van der Waals surface area contributed by atoms with Crippen LogP contribution in [0.3, 0.4) is 0 Å². The third kappa shape index (κ3) is 0.931. The fourth-order valence-electron chi connectivity index (χ4n) is 1.14. The number of fused-ring (bicyclic) bond motifs is 1. The Bertz CT molecular complexity index is 324. The molecule has 0 aliphatic carbocycles. The molecule has 0 unspecified atom stereocenters. The van der Waals surface area contributed by atoms with Crippen molar-refractivity contribution < 1.29 is 14.7 Å². The number of anilines is 1. The lowest BCUT2D eigenvalue weighted by Crippen LogP contribution is -2.32. The minimum absolute atomic E-state index is 0.228. The van der Waals surface area contributed by atoms with Gasteiger partial charge in [-0.3, -0.25) is 5.21 Å². The molecule has 1 aromatic rings. The van der Waals surface area contributed by atoms with Crippen LogP contribution in [0.15, 0.2) is 24.3 Å². The van der Waals surface area contributed by atoms with E-state index in [4.69, 9.17) is 0 Å². The molecule has 1 aliphatic heterocycles. The lowest BCUT2D eigenvalue weighted by Gasteiger charge is -2.22. The predicted molar refractivity (Wildman–Crippen MR) is 40.9 cm³/mol. The Morgan fingerprint density at radius 3 is 3.00 bits per heavy atom. The van der Waals surface area contributed by atoms with Crippen molar-refractivity contribution in [1.82, 2.24) is 0 Å². The summed E-state index contributed by atoms with van der Waals surface area (Å²) in [6, 6.07) is 7.03. The fraction of sp³-hybridized carbons (Fsp3) is 0.125. The van der Waals surface area contributed by atoms with Crippen molar-refractivity contribution in [2.75, 3.05) is 5.06 Å². The number of hydrogen-bond donors (Lipinski definition) is 1. The molecular formula is C8H7NO3. The number of cyclic esters (lactones) is 1. The first-order valence-electron chi connectivity index (χ1n) is 3.53. The van der Waals surface area contributed by atoms with Crippen LogP contribution in [-0.4, -0.2) is 11.3 Å². The molecule has 1 aliphatic rings. The van der Waals surface area contributed by atoms with Gasteiger partial charge in [-0.1, -0.05) is 18.2 Å². The van der Waals surface area contributed by atoms with Crippen LogP contribution in [0, 0.1) is 0 Å². The van der Waals surface area contributed by atoms with Crippen molar-refractivity contribution in [2.45, 2.75) is 6.61 Å². The van der Waals surface area contributed by atoms with Gasteiger partial charge in [0.25, 0.3) is 0 Å². The summed E-state index contributed by atoms with van der Waals surface area (Å²) in [7, 11) is 0. The average Bonchev–Trinajstić information content (AvgIpc) is 2.12. The molecule has 0 radical (unpaired) electrons. The number of rotatable bonds is 0. The topological polar surface area (TPSA) is 49.8 Å². The van der Waals surface area contributed by atoms with E-state index in [0.717, 1.165) is 5.56 Å². The van der Waals surface area contributed by atoms with Crippen LogP contribution in [0.25, 0.3) is 0 Å². The number of hydroxylamine groups is 1. The molecule has 4 nitrogen and oxygen atoms in total. The van der Waals surface area contributed by atoms with Crippen LogP contribution in [0.5, 0.6) is 0 Å². The maximum absolute atomic E-state index is 10.8. The van der Waals surface area contributed by atoms with Crippen molar-refractivity contribution in [1.29, 1.82) is 0 Å². The smallest absolute Gasteiger partial charge is 0.438 e. The van der Waals surface area contributed by atoms with Crippen LogP contribution < -0.4 is 5.06 Å². The maximum Gasteiger partial charge on any atom is 0.438 e. The largest absolute Gasteiger partial charge is 0.443 e. The first kappa shape index (κ1) is 7.12. The van der Waals surface area contributed by atoms with Crippen LogP contribution >= 0.6 is 0 Å². The number of ether oxygens (including phenoxy) is 1. The highest BCUT2D eigenvalue weighted by atomic mass is 16.6. The van der Waals surface area contributed by atoms with Gasteiger partial charge >= 0.3 is 6.09 Å². The average molecular weight is 165 g/mol. The molecule has 1 N–H and O–H groups in total. The van der Waals surface area contributed by atoms with Gasteiger partial charge in [0.15, 0.2) is 0 Å². The van der Waals surface area contributed by atoms with Crippen molar-refractivity contribution in [2.24, 2.45) is 0 Å². The second-order valence-electron chi connectivity index (χ2n) is 2.50. The Morgan fingerprint density at radius 2 is 2.17 bits per heavy atom.